The summed E-state index contributed by atoms with van der Waals surface area (Å²) in [5, 5.41) is 4.76. The van der Waals surface area contributed by atoms with Crippen molar-refractivity contribution >= 4 is 17.9 Å². The molecule has 1 saturated heterocycles. The number of ether oxygens (including phenoxy) is 1. The number of hydrogen-bond acceptors (Lipinski definition) is 4. The molecule has 1 atom stereocenters. The molecule has 3 aromatic rings. The van der Waals surface area contributed by atoms with Gasteiger partial charge in [0.25, 0.3) is 0 Å². The Morgan fingerprint density at radius 2 is 1.81 bits per heavy atom. The molecule has 0 radical (unpaired) electrons. The Morgan fingerprint density at radius 1 is 1.10 bits per heavy atom. The molecule has 1 aromatic heterocycles. The van der Waals surface area contributed by atoms with Gasteiger partial charge in [-0.05, 0) is 11.6 Å². The highest BCUT2D eigenvalue weighted by Crippen LogP contribution is 2.23. The number of hydrogen-bond donors (Lipinski definition) is 1. The summed E-state index contributed by atoms with van der Waals surface area (Å²) in [7, 11) is 0. The summed E-state index contributed by atoms with van der Waals surface area (Å²) in [6, 6.07) is 19.9. The number of morpholine rings is 1. The third kappa shape index (κ3) is 5.07. The highest BCUT2D eigenvalue weighted by molar-refractivity contribution is 5.93. The number of carbonyl (C=O) groups is 2. The molecule has 2 heterocycles. The van der Waals surface area contributed by atoms with Gasteiger partial charge in [0.1, 0.15) is 0 Å². The Morgan fingerprint density at radius 3 is 2.52 bits per heavy atom. The van der Waals surface area contributed by atoms with E-state index in [-0.39, 0.29) is 19.1 Å². The molecule has 0 saturated carbocycles. The molecule has 2 aromatic carbocycles. The van der Waals surface area contributed by atoms with Gasteiger partial charge < -0.3 is 15.4 Å². The lowest BCUT2D eigenvalue weighted by Crippen LogP contribution is -2.50. The molecule has 158 valence electrons. The first-order valence-corrected chi connectivity index (χ1v) is 10.1. The molecule has 1 unspecified atom stereocenters. The zero-order valence-electron chi connectivity index (χ0n) is 17.1. The molecular formula is C24H24N4O3. The number of aromatic nitrogens is 2. The Balaban J connectivity index is 1.57. The van der Waals surface area contributed by atoms with Crippen molar-refractivity contribution in [2.45, 2.75) is 12.6 Å². The second kappa shape index (κ2) is 9.40. The number of amides is 2. The Hall–Kier alpha value is -3.71. The van der Waals surface area contributed by atoms with Crippen molar-refractivity contribution in [1.82, 2.24) is 14.7 Å². The summed E-state index contributed by atoms with van der Waals surface area (Å²) in [6.45, 7) is 1.51. The van der Waals surface area contributed by atoms with Crippen molar-refractivity contribution in [2.24, 2.45) is 5.73 Å². The standard InChI is InChI=1S/C24H24N4O3/c25-24(30)21-17-27(13-14-31-21)22(29)12-11-20-16-28(15-18-7-3-1-4-8-18)26-23(20)19-9-5-2-6-10-19/h1-12,16,21H,13-15,17H2,(H2,25,30)/b12-11+. The smallest absolute Gasteiger partial charge is 0.248 e. The second-order valence-corrected chi connectivity index (χ2v) is 7.36. The maximum Gasteiger partial charge on any atom is 0.248 e. The first kappa shape index (κ1) is 20.6. The van der Waals surface area contributed by atoms with Gasteiger partial charge >= 0.3 is 0 Å². The molecule has 2 amide bonds. The van der Waals surface area contributed by atoms with E-state index >= 15 is 0 Å². The average Bonchev–Trinajstić information content (AvgIpc) is 3.21. The van der Waals surface area contributed by atoms with Crippen LogP contribution in [0.3, 0.4) is 0 Å². The predicted molar refractivity (Wildman–Crippen MR) is 118 cm³/mol. The number of rotatable bonds is 6. The molecule has 0 spiro atoms. The van der Waals surface area contributed by atoms with E-state index in [1.165, 1.54) is 6.08 Å². The van der Waals surface area contributed by atoms with E-state index in [0.29, 0.717) is 13.1 Å². The Bertz CT molecular complexity index is 1080. The van der Waals surface area contributed by atoms with E-state index in [9.17, 15) is 9.59 Å². The summed E-state index contributed by atoms with van der Waals surface area (Å²) in [6.07, 6.45) is 4.46. The van der Waals surface area contributed by atoms with Gasteiger partial charge in [0, 0.05) is 29.9 Å². The number of nitrogens with zero attached hydrogens (tertiary/aromatic N) is 3. The van der Waals surface area contributed by atoms with Gasteiger partial charge in [-0.15, -0.1) is 0 Å². The van der Waals surface area contributed by atoms with E-state index in [1.54, 1.807) is 11.0 Å². The van der Waals surface area contributed by atoms with Crippen LogP contribution >= 0.6 is 0 Å². The largest absolute Gasteiger partial charge is 0.367 e. The minimum atomic E-state index is -0.764. The first-order chi connectivity index (χ1) is 15.1. The van der Waals surface area contributed by atoms with Crippen LogP contribution in [0.2, 0.25) is 0 Å². The van der Waals surface area contributed by atoms with Crippen LogP contribution in [0.1, 0.15) is 11.1 Å². The molecule has 7 heteroatoms. The molecule has 1 fully saturated rings. The molecule has 7 nitrogen and oxygen atoms in total. The van der Waals surface area contributed by atoms with E-state index in [1.807, 2.05) is 59.4 Å². The van der Waals surface area contributed by atoms with Crippen LogP contribution in [-0.2, 0) is 20.9 Å². The number of carbonyl (C=O) groups excluding carboxylic acids is 2. The van der Waals surface area contributed by atoms with Crippen LogP contribution in [0.25, 0.3) is 17.3 Å². The van der Waals surface area contributed by atoms with Crippen LogP contribution in [0, 0.1) is 0 Å². The van der Waals surface area contributed by atoms with Gasteiger partial charge in [0.15, 0.2) is 6.10 Å². The van der Waals surface area contributed by atoms with Crippen LogP contribution < -0.4 is 5.73 Å². The van der Waals surface area contributed by atoms with Gasteiger partial charge in [-0.2, -0.15) is 5.10 Å². The van der Waals surface area contributed by atoms with E-state index in [0.717, 1.165) is 22.4 Å². The molecule has 31 heavy (non-hydrogen) atoms. The van der Waals surface area contributed by atoms with Gasteiger partial charge in [0.2, 0.25) is 11.8 Å². The van der Waals surface area contributed by atoms with Crippen molar-refractivity contribution in [2.75, 3.05) is 19.7 Å². The summed E-state index contributed by atoms with van der Waals surface area (Å²) >= 11 is 0. The minimum Gasteiger partial charge on any atom is -0.367 e. The lowest BCUT2D eigenvalue weighted by molar-refractivity contribution is -0.142. The fourth-order valence-electron chi connectivity index (χ4n) is 3.52. The van der Waals surface area contributed by atoms with E-state index in [4.69, 9.17) is 15.6 Å². The van der Waals surface area contributed by atoms with Crippen molar-refractivity contribution < 1.29 is 14.3 Å². The topological polar surface area (TPSA) is 90.5 Å². The Kier molecular flexibility index (Phi) is 6.24. The maximum atomic E-state index is 12.7. The SMILES string of the molecule is NC(=O)C1CN(C(=O)/C=C/c2cn(Cc3ccccc3)nc2-c2ccccc2)CCO1. The molecule has 1 aliphatic rings. The summed E-state index contributed by atoms with van der Waals surface area (Å²) in [5.74, 6) is -0.751. The second-order valence-electron chi connectivity index (χ2n) is 7.36. The quantitative estimate of drug-likeness (QED) is 0.625. The average molecular weight is 416 g/mol. The number of primary amides is 1. The predicted octanol–water partition coefficient (Wildman–Crippen LogP) is 2.32. The summed E-state index contributed by atoms with van der Waals surface area (Å²) in [5.41, 5.74) is 9.07. The van der Waals surface area contributed by atoms with Gasteiger partial charge in [0.05, 0.1) is 25.4 Å². The zero-order valence-corrected chi connectivity index (χ0v) is 17.1. The minimum absolute atomic E-state index is 0.164. The van der Waals surface area contributed by atoms with Gasteiger partial charge in [-0.1, -0.05) is 60.7 Å². The lowest BCUT2D eigenvalue weighted by atomic mass is 10.1. The fourth-order valence-corrected chi connectivity index (χ4v) is 3.52. The highest BCUT2D eigenvalue weighted by atomic mass is 16.5. The van der Waals surface area contributed by atoms with Gasteiger partial charge in [-0.25, -0.2) is 0 Å². The van der Waals surface area contributed by atoms with Crippen molar-refractivity contribution in [3.63, 3.8) is 0 Å². The fraction of sp³-hybridized carbons (Fsp3) is 0.208. The monoisotopic (exact) mass is 416 g/mol. The highest BCUT2D eigenvalue weighted by Gasteiger charge is 2.26. The van der Waals surface area contributed by atoms with Crippen LogP contribution in [-0.4, -0.2) is 52.3 Å². The van der Waals surface area contributed by atoms with Crippen molar-refractivity contribution in [1.29, 1.82) is 0 Å². The molecule has 0 aliphatic carbocycles. The third-order valence-corrected chi connectivity index (χ3v) is 5.13. The van der Waals surface area contributed by atoms with Crippen molar-refractivity contribution in [3.05, 3.63) is 84.1 Å². The summed E-state index contributed by atoms with van der Waals surface area (Å²) in [4.78, 5) is 25.7. The van der Waals surface area contributed by atoms with Crippen LogP contribution in [0.5, 0.6) is 0 Å². The molecule has 2 N–H and O–H groups in total. The molecular weight excluding hydrogens is 392 g/mol. The molecule has 1 aliphatic heterocycles. The number of benzene rings is 2. The first-order valence-electron chi connectivity index (χ1n) is 10.1. The Labute approximate surface area is 180 Å². The molecule has 4 rings (SSSR count). The third-order valence-electron chi connectivity index (χ3n) is 5.13. The van der Waals surface area contributed by atoms with Crippen LogP contribution in [0.4, 0.5) is 0 Å². The number of nitrogens with two attached hydrogens (primary N) is 1. The lowest BCUT2D eigenvalue weighted by Gasteiger charge is -2.30. The van der Waals surface area contributed by atoms with Crippen molar-refractivity contribution in [3.8, 4) is 11.3 Å². The zero-order chi connectivity index (χ0) is 21.6. The van der Waals surface area contributed by atoms with Crippen LogP contribution in [0.15, 0.2) is 72.9 Å². The maximum absolute atomic E-state index is 12.7. The van der Waals surface area contributed by atoms with E-state index < -0.39 is 12.0 Å². The summed E-state index contributed by atoms with van der Waals surface area (Å²) < 4.78 is 7.19. The van der Waals surface area contributed by atoms with Gasteiger partial charge in [-0.3, -0.25) is 14.3 Å². The molecule has 0 bridgehead atoms. The normalized spacial score (nSPS) is 16.5. The van der Waals surface area contributed by atoms with E-state index in [2.05, 4.69) is 12.1 Å².